The quantitative estimate of drug-likeness (QED) is 0.845. The Balaban J connectivity index is 1.62. The van der Waals surface area contributed by atoms with E-state index in [-0.39, 0.29) is 5.91 Å². The summed E-state index contributed by atoms with van der Waals surface area (Å²) in [5.41, 5.74) is 0. The van der Waals surface area contributed by atoms with Crippen molar-refractivity contribution in [3.8, 4) is 0 Å². The van der Waals surface area contributed by atoms with Crippen LogP contribution in [-0.4, -0.2) is 36.5 Å². The molecule has 0 aliphatic carbocycles. The first-order valence-corrected chi connectivity index (χ1v) is 8.87. The lowest BCUT2D eigenvalue weighted by Gasteiger charge is -2.22. The number of hydrogen-bond acceptors (Lipinski definition) is 4. The van der Waals surface area contributed by atoms with Crippen molar-refractivity contribution in [3.05, 3.63) is 22.4 Å². The van der Waals surface area contributed by atoms with E-state index >= 15 is 0 Å². The summed E-state index contributed by atoms with van der Waals surface area (Å²) in [6.07, 6.45) is 1.66. The first kappa shape index (κ1) is 14.9. The first-order chi connectivity index (χ1) is 9.24. The molecule has 1 amide bonds. The third-order valence-corrected chi connectivity index (χ3v) is 5.24. The predicted octanol–water partition coefficient (Wildman–Crippen LogP) is 2.14. The molecular weight excluding hydrogens is 276 g/mol. The normalized spacial score (nSPS) is 21.0. The van der Waals surface area contributed by atoms with E-state index in [4.69, 9.17) is 0 Å². The molecule has 19 heavy (non-hydrogen) atoms. The molecule has 2 atom stereocenters. The van der Waals surface area contributed by atoms with Gasteiger partial charge in [0.15, 0.2) is 0 Å². The number of thioether (sulfide) groups is 1. The summed E-state index contributed by atoms with van der Waals surface area (Å²) >= 11 is 3.72. The first-order valence-electron chi connectivity index (χ1n) is 6.84. The fourth-order valence-corrected chi connectivity index (χ4v) is 4.00. The number of hydrogen-bond donors (Lipinski definition) is 2. The van der Waals surface area contributed by atoms with Crippen LogP contribution in [0.3, 0.4) is 0 Å². The second-order valence-corrected chi connectivity index (χ2v) is 7.30. The molecule has 1 aromatic heterocycles. The van der Waals surface area contributed by atoms with Gasteiger partial charge in [-0.15, -0.1) is 11.3 Å². The zero-order valence-corrected chi connectivity index (χ0v) is 13.0. The molecule has 0 bridgehead atoms. The van der Waals surface area contributed by atoms with E-state index in [1.165, 1.54) is 4.88 Å². The summed E-state index contributed by atoms with van der Waals surface area (Å²) in [4.78, 5) is 13.3. The Morgan fingerprint density at radius 2 is 2.53 bits per heavy atom. The van der Waals surface area contributed by atoms with Crippen molar-refractivity contribution in [1.82, 2.24) is 10.6 Å². The molecule has 106 valence electrons. The summed E-state index contributed by atoms with van der Waals surface area (Å²) in [5, 5.41) is 8.56. The smallest absolute Gasteiger partial charge is 0.221 e. The SMILES string of the molecule is CC(CNC(=O)CC1CSCCN1)Cc1cccs1. The van der Waals surface area contributed by atoms with Crippen LogP contribution in [-0.2, 0) is 11.2 Å². The van der Waals surface area contributed by atoms with Crippen molar-refractivity contribution in [1.29, 1.82) is 0 Å². The van der Waals surface area contributed by atoms with Gasteiger partial charge in [-0.2, -0.15) is 11.8 Å². The maximum absolute atomic E-state index is 11.9. The van der Waals surface area contributed by atoms with Gasteiger partial charge in [-0.05, 0) is 23.8 Å². The van der Waals surface area contributed by atoms with Gasteiger partial charge >= 0.3 is 0 Å². The Bertz CT molecular complexity index is 375. The van der Waals surface area contributed by atoms with E-state index < -0.39 is 0 Å². The van der Waals surface area contributed by atoms with Crippen LogP contribution in [0.15, 0.2) is 17.5 Å². The zero-order valence-electron chi connectivity index (χ0n) is 11.4. The Morgan fingerprint density at radius 3 is 3.21 bits per heavy atom. The summed E-state index contributed by atoms with van der Waals surface area (Å²) in [6, 6.07) is 4.59. The molecule has 2 heterocycles. The lowest BCUT2D eigenvalue weighted by atomic mass is 10.1. The molecule has 0 radical (unpaired) electrons. The minimum absolute atomic E-state index is 0.179. The van der Waals surface area contributed by atoms with Gasteiger partial charge < -0.3 is 10.6 Å². The minimum Gasteiger partial charge on any atom is -0.356 e. The average molecular weight is 298 g/mol. The van der Waals surface area contributed by atoms with Crippen LogP contribution in [0.25, 0.3) is 0 Å². The lowest BCUT2D eigenvalue weighted by Crippen LogP contribution is -2.42. The molecule has 1 fully saturated rings. The largest absolute Gasteiger partial charge is 0.356 e. The van der Waals surface area contributed by atoms with Crippen LogP contribution in [0, 0.1) is 5.92 Å². The number of rotatable bonds is 6. The Labute approximate surface area is 123 Å². The van der Waals surface area contributed by atoms with Gasteiger partial charge in [-0.1, -0.05) is 13.0 Å². The third kappa shape index (κ3) is 5.55. The summed E-state index contributed by atoms with van der Waals surface area (Å²) < 4.78 is 0. The van der Waals surface area contributed by atoms with Gasteiger partial charge in [0.1, 0.15) is 0 Å². The van der Waals surface area contributed by atoms with Crippen LogP contribution >= 0.6 is 23.1 Å². The van der Waals surface area contributed by atoms with E-state index in [9.17, 15) is 4.79 Å². The molecule has 1 aromatic rings. The number of thiophene rings is 1. The molecule has 3 nitrogen and oxygen atoms in total. The average Bonchev–Trinajstić information content (AvgIpc) is 2.90. The van der Waals surface area contributed by atoms with E-state index in [0.717, 1.165) is 31.0 Å². The van der Waals surface area contributed by atoms with Crippen LogP contribution in [0.5, 0.6) is 0 Å². The highest BCUT2D eigenvalue weighted by molar-refractivity contribution is 7.99. The number of amides is 1. The van der Waals surface area contributed by atoms with Crippen LogP contribution in [0.2, 0.25) is 0 Å². The van der Waals surface area contributed by atoms with Gasteiger partial charge in [0.05, 0.1) is 0 Å². The molecule has 0 saturated carbocycles. The molecule has 5 heteroatoms. The highest BCUT2D eigenvalue weighted by Gasteiger charge is 2.16. The van der Waals surface area contributed by atoms with Gasteiger partial charge in [-0.3, -0.25) is 4.79 Å². The molecule has 1 aliphatic heterocycles. The standard InChI is InChI=1S/C14H22N2OS2/c1-11(7-13-3-2-5-19-13)9-16-14(17)8-12-10-18-6-4-15-12/h2-3,5,11-12,15H,4,6-10H2,1H3,(H,16,17). The van der Waals surface area contributed by atoms with Crippen LogP contribution in [0.4, 0.5) is 0 Å². The van der Waals surface area contributed by atoms with Crippen molar-refractivity contribution in [2.75, 3.05) is 24.6 Å². The molecule has 2 N–H and O–H groups in total. The van der Waals surface area contributed by atoms with Gasteiger partial charge in [0.2, 0.25) is 5.91 Å². The van der Waals surface area contributed by atoms with Crippen LogP contribution < -0.4 is 10.6 Å². The maximum atomic E-state index is 11.9. The van der Waals surface area contributed by atoms with Crippen molar-refractivity contribution >= 4 is 29.0 Å². The molecular formula is C14H22N2OS2. The number of carbonyl (C=O) groups excluding carboxylic acids is 1. The summed E-state index contributed by atoms with van der Waals surface area (Å²) in [7, 11) is 0. The predicted molar refractivity (Wildman–Crippen MR) is 83.9 cm³/mol. The van der Waals surface area contributed by atoms with Crippen LogP contribution in [0.1, 0.15) is 18.2 Å². The topological polar surface area (TPSA) is 41.1 Å². The fourth-order valence-electron chi connectivity index (χ4n) is 2.18. The summed E-state index contributed by atoms with van der Waals surface area (Å²) in [6.45, 7) is 3.99. The van der Waals surface area contributed by atoms with Crippen molar-refractivity contribution in [2.24, 2.45) is 5.92 Å². The second-order valence-electron chi connectivity index (χ2n) is 5.12. The fraction of sp³-hybridized carbons (Fsp3) is 0.643. The molecule has 1 saturated heterocycles. The monoisotopic (exact) mass is 298 g/mol. The van der Waals surface area contributed by atoms with Gasteiger partial charge in [0.25, 0.3) is 0 Å². The van der Waals surface area contributed by atoms with Crippen molar-refractivity contribution in [2.45, 2.75) is 25.8 Å². The second kappa shape index (κ2) is 7.92. The van der Waals surface area contributed by atoms with Gasteiger partial charge in [0, 0.05) is 41.9 Å². The summed E-state index contributed by atoms with van der Waals surface area (Å²) in [5.74, 6) is 2.89. The highest BCUT2D eigenvalue weighted by atomic mass is 32.2. The van der Waals surface area contributed by atoms with E-state index in [1.807, 2.05) is 11.8 Å². The third-order valence-electron chi connectivity index (χ3n) is 3.21. The minimum atomic E-state index is 0.179. The van der Waals surface area contributed by atoms with Gasteiger partial charge in [-0.25, -0.2) is 0 Å². The zero-order chi connectivity index (χ0) is 13.5. The Hall–Kier alpha value is -0.520. The van der Waals surface area contributed by atoms with Crippen molar-refractivity contribution < 1.29 is 4.79 Å². The molecule has 2 rings (SSSR count). The van der Waals surface area contributed by atoms with E-state index in [0.29, 0.717) is 18.4 Å². The molecule has 0 aromatic carbocycles. The number of carbonyl (C=O) groups is 1. The number of nitrogens with one attached hydrogen (secondary N) is 2. The lowest BCUT2D eigenvalue weighted by molar-refractivity contribution is -0.121. The van der Waals surface area contributed by atoms with E-state index in [2.05, 4.69) is 35.1 Å². The highest BCUT2D eigenvalue weighted by Crippen LogP contribution is 2.14. The Morgan fingerprint density at radius 1 is 1.63 bits per heavy atom. The molecule has 2 unspecified atom stereocenters. The maximum Gasteiger partial charge on any atom is 0.221 e. The Kier molecular flexibility index (Phi) is 6.20. The van der Waals surface area contributed by atoms with E-state index in [1.54, 1.807) is 11.3 Å². The molecule has 1 aliphatic rings. The van der Waals surface area contributed by atoms with Crippen molar-refractivity contribution in [3.63, 3.8) is 0 Å². The molecule has 0 spiro atoms.